The Morgan fingerprint density at radius 1 is 1.14 bits per heavy atom. The van der Waals surface area contributed by atoms with Crippen molar-refractivity contribution < 1.29 is 23.9 Å². The van der Waals surface area contributed by atoms with Crippen molar-refractivity contribution in [1.29, 1.82) is 0 Å². The standard InChI is InChI=1S/C17H22O5/c1-4-21-17(20)15(19)11-14(18)13-7-5-6-8-16(13)22-10-9-12(2)3/h5-8,12H,4,9-11H2,1-3H3. The first-order chi connectivity index (χ1) is 10.5. The SMILES string of the molecule is CCOC(=O)C(=O)CC(=O)c1ccccc1OCCC(C)C. The second-order valence-corrected chi connectivity index (χ2v) is 5.27. The average molecular weight is 306 g/mol. The number of carbonyl (C=O) groups is 3. The largest absolute Gasteiger partial charge is 0.493 e. The van der Waals surface area contributed by atoms with Crippen molar-refractivity contribution in [2.24, 2.45) is 5.92 Å². The van der Waals surface area contributed by atoms with Crippen LogP contribution in [0.25, 0.3) is 0 Å². The van der Waals surface area contributed by atoms with Gasteiger partial charge in [-0.15, -0.1) is 0 Å². The Morgan fingerprint density at radius 3 is 2.45 bits per heavy atom. The van der Waals surface area contributed by atoms with Gasteiger partial charge in [0.05, 0.1) is 25.2 Å². The fraction of sp³-hybridized carbons (Fsp3) is 0.471. The molecule has 0 spiro atoms. The highest BCUT2D eigenvalue weighted by Crippen LogP contribution is 2.20. The molecular weight excluding hydrogens is 284 g/mol. The number of hydrogen-bond acceptors (Lipinski definition) is 5. The van der Waals surface area contributed by atoms with E-state index in [4.69, 9.17) is 4.74 Å². The van der Waals surface area contributed by atoms with Crippen LogP contribution < -0.4 is 4.74 Å². The molecule has 5 nitrogen and oxygen atoms in total. The number of Topliss-reactive ketones (excluding diaryl/α,β-unsaturated/α-hetero) is 2. The minimum Gasteiger partial charge on any atom is -0.493 e. The number of carbonyl (C=O) groups excluding carboxylic acids is 3. The van der Waals surface area contributed by atoms with E-state index in [1.54, 1.807) is 31.2 Å². The number of ether oxygens (including phenoxy) is 2. The zero-order chi connectivity index (χ0) is 16.5. The number of para-hydroxylation sites is 1. The van der Waals surface area contributed by atoms with Gasteiger partial charge in [-0.2, -0.15) is 0 Å². The Kier molecular flexibility index (Phi) is 7.29. The smallest absolute Gasteiger partial charge is 0.375 e. The van der Waals surface area contributed by atoms with Crippen LogP contribution in [-0.2, 0) is 14.3 Å². The van der Waals surface area contributed by atoms with Gasteiger partial charge >= 0.3 is 5.97 Å². The molecule has 0 saturated carbocycles. The van der Waals surface area contributed by atoms with Crippen LogP contribution in [0.5, 0.6) is 5.75 Å². The van der Waals surface area contributed by atoms with Crippen LogP contribution in [0.15, 0.2) is 24.3 Å². The van der Waals surface area contributed by atoms with E-state index in [2.05, 4.69) is 18.6 Å². The highest BCUT2D eigenvalue weighted by atomic mass is 16.5. The summed E-state index contributed by atoms with van der Waals surface area (Å²) >= 11 is 0. The summed E-state index contributed by atoms with van der Waals surface area (Å²) in [6, 6.07) is 6.72. The van der Waals surface area contributed by atoms with Crippen LogP contribution in [-0.4, -0.2) is 30.7 Å². The predicted octanol–water partition coefficient (Wildman–Crippen LogP) is 2.82. The molecule has 0 atom stereocenters. The highest BCUT2D eigenvalue weighted by molar-refractivity contribution is 6.38. The van der Waals surface area contributed by atoms with Crippen molar-refractivity contribution in [2.75, 3.05) is 13.2 Å². The quantitative estimate of drug-likeness (QED) is 0.304. The summed E-state index contributed by atoms with van der Waals surface area (Å²) in [6.07, 6.45) is 0.355. The zero-order valence-electron chi connectivity index (χ0n) is 13.3. The van der Waals surface area contributed by atoms with E-state index < -0.39 is 24.0 Å². The molecule has 0 amide bonds. The fourth-order valence-corrected chi connectivity index (χ4v) is 1.75. The summed E-state index contributed by atoms with van der Waals surface area (Å²) in [6.45, 7) is 6.36. The van der Waals surface area contributed by atoms with Gasteiger partial charge in [-0.25, -0.2) is 4.79 Å². The Bertz CT molecular complexity index is 534. The second-order valence-electron chi connectivity index (χ2n) is 5.27. The summed E-state index contributed by atoms with van der Waals surface area (Å²) in [4.78, 5) is 35.1. The molecular formula is C17H22O5. The van der Waals surface area contributed by atoms with Gasteiger partial charge in [0, 0.05) is 0 Å². The summed E-state index contributed by atoms with van der Waals surface area (Å²) in [5, 5.41) is 0. The van der Waals surface area contributed by atoms with Gasteiger partial charge in [-0.05, 0) is 31.4 Å². The topological polar surface area (TPSA) is 69.7 Å². The van der Waals surface area contributed by atoms with Crippen LogP contribution in [0.3, 0.4) is 0 Å². The van der Waals surface area contributed by atoms with Gasteiger partial charge in [0.1, 0.15) is 5.75 Å². The van der Waals surface area contributed by atoms with Gasteiger partial charge in [0.25, 0.3) is 0 Å². The van der Waals surface area contributed by atoms with Crippen molar-refractivity contribution in [1.82, 2.24) is 0 Å². The van der Waals surface area contributed by atoms with Crippen molar-refractivity contribution in [2.45, 2.75) is 33.6 Å². The third-order valence-corrected chi connectivity index (χ3v) is 2.96. The van der Waals surface area contributed by atoms with Gasteiger partial charge in [0.15, 0.2) is 5.78 Å². The lowest BCUT2D eigenvalue weighted by molar-refractivity contribution is -0.153. The second kappa shape index (κ2) is 8.97. The number of rotatable bonds is 9. The average Bonchev–Trinajstić information content (AvgIpc) is 2.47. The lowest BCUT2D eigenvalue weighted by atomic mass is 10.0. The minimum absolute atomic E-state index is 0.105. The molecule has 0 bridgehead atoms. The predicted molar refractivity (Wildman–Crippen MR) is 82.0 cm³/mol. The molecule has 1 rings (SSSR count). The van der Waals surface area contributed by atoms with Crippen molar-refractivity contribution >= 4 is 17.5 Å². The fourth-order valence-electron chi connectivity index (χ4n) is 1.75. The molecule has 0 saturated heterocycles. The monoisotopic (exact) mass is 306 g/mol. The number of benzene rings is 1. The molecule has 0 fully saturated rings. The summed E-state index contributed by atoms with van der Waals surface area (Å²) in [5.74, 6) is -1.34. The van der Waals surface area contributed by atoms with Crippen molar-refractivity contribution in [3.05, 3.63) is 29.8 Å². The first-order valence-corrected chi connectivity index (χ1v) is 7.40. The minimum atomic E-state index is -0.978. The number of hydrogen-bond donors (Lipinski definition) is 0. The van der Waals surface area contributed by atoms with E-state index in [-0.39, 0.29) is 6.61 Å². The highest BCUT2D eigenvalue weighted by Gasteiger charge is 2.22. The van der Waals surface area contributed by atoms with E-state index in [0.29, 0.717) is 23.8 Å². The maximum atomic E-state index is 12.2. The van der Waals surface area contributed by atoms with Crippen LogP contribution in [0, 0.1) is 5.92 Å². The van der Waals surface area contributed by atoms with Crippen LogP contribution in [0.2, 0.25) is 0 Å². The molecule has 120 valence electrons. The van der Waals surface area contributed by atoms with E-state index in [0.717, 1.165) is 6.42 Å². The maximum absolute atomic E-state index is 12.2. The molecule has 0 N–H and O–H groups in total. The molecule has 0 unspecified atom stereocenters. The normalized spacial score (nSPS) is 10.4. The van der Waals surface area contributed by atoms with Crippen molar-refractivity contribution in [3.8, 4) is 5.75 Å². The van der Waals surface area contributed by atoms with Gasteiger partial charge in [-0.1, -0.05) is 26.0 Å². The Hall–Kier alpha value is -2.17. The third-order valence-electron chi connectivity index (χ3n) is 2.96. The first kappa shape index (κ1) is 17.9. The van der Waals surface area contributed by atoms with Crippen molar-refractivity contribution in [3.63, 3.8) is 0 Å². The van der Waals surface area contributed by atoms with Crippen LogP contribution in [0.1, 0.15) is 44.0 Å². The number of esters is 1. The summed E-state index contributed by atoms with van der Waals surface area (Å²) < 4.78 is 10.2. The summed E-state index contributed by atoms with van der Waals surface area (Å²) in [5.41, 5.74) is 0.309. The molecule has 0 aromatic heterocycles. The molecule has 0 heterocycles. The van der Waals surface area contributed by atoms with E-state index in [1.165, 1.54) is 0 Å². The molecule has 0 aliphatic rings. The Morgan fingerprint density at radius 2 is 1.82 bits per heavy atom. The Balaban J connectivity index is 2.72. The molecule has 5 heteroatoms. The Labute approximate surface area is 130 Å². The first-order valence-electron chi connectivity index (χ1n) is 7.40. The summed E-state index contributed by atoms with van der Waals surface area (Å²) in [7, 11) is 0. The lowest BCUT2D eigenvalue weighted by Crippen LogP contribution is -2.21. The van der Waals surface area contributed by atoms with Gasteiger partial charge in [0.2, 0.25) is 5.78 Å². The molecule has 0 aliphatic carbocycles. The van der Waals surface area contributed by atoms with E-state index >= 15 is 0 Å². The molecule has 0 aliphatic heterocycles. The maximum Gasteiger partial charge on any atom is 0.375 e. The third kappa shape index (κ3) is 5.68. The van der Waals surface area contributed by atoms with Gasteiger partial charge in [-0.3, -0.25) is 9.59 Å². The number of ketones is 2. The van der Waals surface area contributed by atoms with Crippen LogP contribution in [0.4, 0.5) is 0 Å². The van der Waals surface area contributed by atoms with Gasteiger partial charge < -0.3 is 9.47 Å². The lowest BCUT2D eigenvalue weighted by Gasteiger charge is -2.11. The van der Waals surface area contributed by atoms with Crippen LogP contribution >= 0.6 is 0 Å². The molecule has 1 aromatic carbocycles. The van der Waals surface area contributed by atoms with E-state index in [1.807, 2.05) is 0 Å². The van der Waals surface area contributed by atoms with E-state index in [9.17, 15) is 14.4 Å². The molecule has 1 aromatic rings. The molecule has 0 radical (unpaired) electrons. The zero-order valence-corrected chi connectivity index (χ0v) is 13.3. The molecule has 22 heavy (non-hydrogen) atoms.